The summed E-state index contributed by atoms with van der Waals surface area (Å²) in [5, 5.41) is 9.11. The number of hydrogen-bond donors (Lipinski definition) is 2. The van der Waals surface area contributed by atoms with Gasteiger partial charge in [0.2, 0.25) is 0 Å². The number of amides is 1. The second-order valence-electron chi connectivity index (χ2n) is 4.01. The van der Waals surface area contributed by atoms with Crippen molar-refractivity contribution in [2.45, 2.75) is 6.18 Å². The van der Waals surface area contributed by atoms with Gasteiger partial charge in [0.25, 0.3) is 0 Å². The molecule has 0 spiro atoms. The lowest BCUT2D eigenvalue weighted by molar-refractivity contribution is -0.138. The highest BCUT2D eigenvalue weighted by Gasteiger charge is 2.35. The minimum absolute atomic E-state index is 0.150. The standard InChI is InChI=1S/C12H10BrF3N2O4/c13-7-1-2-8(9(5-7)12(14,15)16)10(20)6-17-18(3-4-19)11(21)22/h1-2,4-5,17H,3,6H2,(H,21,22). The van der Waals surface area contributed by atoms with E-state index in [4.69, 9.17) is 5.11 Å². The molecule has 1 amide bonds. The summed E-state index contributed by atoms with van der Waals surface area (Å²) in [5.74, 6) is -0.961. The second-order valence-corrected chi connectivity index (χ2v) is 4.92. The van der Waals surface area contributed by atoms with E-state index in [-0.39, 0.29) is 10.8 Å². The van der Waals surface area contributed by atoms with Gasteiger partial charge in [0.1, 0.15) is 6.29 Å². The Balaban J connectivity index is 2.94. The zero-order valence-corrected chi connectivity index (χ0v) is 12.4. The molecule has 0 aliphatic rings. The second kappa shape index (κ2) is 7.36. The molecule has 0 aromatic heterocycles. The Morgan fingerprint density at radius 1 is 1.36 bits per heavy atom. The number of halogens is 4. The smallest absolute Gasteiger partial charge is 0.422 e. The van der Waals surface area contributed by atoms with Crippen LogP contribution in [-0.4, -0.2) is 41.4 Å². The molecule has 0 atom stereocenters. The van der Waals surface area contributed by atoms with E-state index in [1.54, 1.807) is 0 Å². The quantitative estimate of drug-likeness (QED) is 0.448. The third-order valence-corrected chi connectivity index (χ3v) is 3.00. The maximum Gasteiger partial charge on any atom is 0.422 e. The van der Waals surface area contributed by atoms with Crippen LogP contribution < -0.4 is 5.43 Å². The van der Waals surface area contributed by atoms with Crippen molar-refractivity contribution in [3.8, 4) is 0 Å². The first kappa shape index (κ1) is 18.1. The van der Waals surface area contributed by atoms with Crippen LogP contribution >= 0.6 is 15.9 Å². The van der Waals surface area contributed by atoms with Crippen LogP contribution in [0.3, 0.4) is 0 Å². The first-order valence-corrected chi connectivity index (χ1v) is 6.53. The zero-order valence-electron chi connectivity index (χ0n) is 10.9. The van der Waals surface area contributed by atoms with Crippen LogP contribution in [0.5, 0.6) is 0 Å². The topological polar surface area (TPSA) is 86.7 Å². The van der Waals surface area contributed by atoms with E-state index >= 15 is 0 Å². The van der Waals surface area contributed by atoms with E-state index in [1.165, 1.54) is 6.07 Å². The Labute approximate surface area is 131 Å². The van der Waals surface area contributed by atoms with Crippen LogP contribution in [-0.2, 0) is 11.0 Å². The zero-order chi connectivity index (χ0) is 16.9. The van der Waals surface area contributed by atoms with Gasteiger partial charge in [0.05, 0.1) is 18.7 Å². The molecule has 0 radical (unpaired) electrons. The maximum absolute atomic E-state index is 12.9. The molecule has 1 aromatic carbocycles. The predicted octanol–water partition coefficient (Wildman–Crippen LogP) is 2.33. The van der Waals surface area contributed by atoms with Crippen molar-refractivity contribution >= 4 is 34.1 Å². The number of rotatable bonds is 6. The minimum atomic E-state index is -4.73. The number of carbonyl (C=O) groups is 3. The Morgan fingerprint density at radius 2 is 2.00 bits per heavy atom. The van der Waals surface area contributed by atoms with Gasteiger partial charge in [0.15, 0.2) is 5.78 Å². The number of alkyl halides is 3. The van der Waals surface area contributed by atoms with Crippen LogP contribution in [0.15, 0.2) is 22.7 Å². The molecule has 0 fully saturated rings. The lowest BCUT2D eigenvalue weighted by atomic mass is 10.0. The summed E-state index contributed by atoms with van der Waals surface area (Å²) >= 11 is 2.89. The lowest BCUT2D eigenvalue weighted by Gasteiger charge is -2.18. The summed E-state index contributed by atoms with van der Waals surface area (Å²) in [7, 11) is 0. The summed E-state index contributed by atoms with van der Waals surface area (Å²) in [5.41, 5.74) is 0.355. The Hall–Kier alpha value is -1.94. The number of nitrogens with zero attached hydrogens (tertiary/aromatic N) is 1. The third kappa shape index (κ3) is 4.81. The summed E-state index contributed by atoms with van der Waals surface area (Å²) in [6, 6.07) is 3.01. The molecule has 0 heterocycles. The average Bonchev–Trinajstić information content (AvgIpc) is 2.41. The molecule has 0 saturated heterocycles. The summed E-state index contributed by atoms with van der Waals surface area (Å²) < 4.78 is 38.8. The SMILES string of the molecule is O=CCN(NCC(=O)c1ccc(Br)cc1C(F)(F)F)C(=O)O. The summed E-state index contributed by atoms with van der Waals surface area (Å²) in [6.45, 7) is -1.26. The number of nitrogens with one attached hydrogen (secondary N) is 1. The van der Waals surface area contributed by atoms with E-state index in [0.29, 0.717) is 5.01 Å². The van der Waals surface area contributed by atoms with Crippen LogP contribution in [0.1, 0.15) is 15.9 Å². The van der Waals surface area contributed by atoms with Gasteiger partial charge in [0, 0.05) is 10.0 Å². The van der Waals surface area contributed by atoms with Crippen LogP contribution in [0, 0.1) is 0 Å². The average molecular weight is 383 g/mol. The summed E-state index contributed by atoms with van der Waals surface area (Å²) in [4.78, 5) is 32.9. The van der Waals surface area contributed by atoms with E-state index in [9.17, 15) is 27.6 Å². The van der Waals surface area contributed by atoms with Crippen molar-refractivity contribution in [1.82, 2.24) is 10.4 Å². The molecule has 0 saturated carbocycles. The van der Waals surface area contributed by atoms with Crippen molar-refractivity contribution in [2.75, 3.05) is 13.1 Å². The third-order valence-electron chi connectivity index (χ3n) is 2.51. The van der Waals surface area contributed by atoms with Crippen LogP contribution in [0.25, 0.3) is 0 Å². The van der Waals surface area contributed by atoms with E-state index in [1.807, 2.05) is 0 Å². The number of ketones is 1. The number of carboxylic acid groups (broad SMARTS) is 1. The van der Waals surface area contributed by atoms with Gasteiger partial charge < -0.3 is 9.90 Å². The largest absolute Gasteiger partial charge is 0.464 e. The van der Waals surface area contributed by atoms with Crippen LogP contribution in [0.2, 0.25) is 0 Å². The lowest BCUT2D eigenvalue weighted by Crippen LogP contribution is -2.45. The van der Waals surface area contributed by atoms with Gasteiger partial charge in [-0.05, 0) is 18.2 Å². The number of aldehydes is 1. The van der Waals surface area contributed by atoms with Crippen molar-refractivity contribution in [1.29, 1.82) is 0 Å². The highest BCUT2D eigenvalue weighted by atomic mass is 79.9. The number of Topliss-reactive ketones (excluding diaryl/α,β-unsaturated/α-hetero) is 1. The molecule has 1 rings (SSSR count). The van der Waals surface area contributed by atoms with Gasteiger partial charge in [-0.1, -0.05) is 15.9 Å². The van der Waals surface area contributed by atoms with Gasteiger partial charge in [-0.2, -0.15) is 13.2 Å². The molecule has 2 N–H and O–H groups in total. The molecule has 0 unspecified atom stereocenters. The Bertz CT molecular complexity index is 592. The fourth-order valence-corrected chi connectivity index (χ4v) is 1.90. The minimum Gasteiger partial charge on any atom is -0.464 e. The fourth-order valence-electron chi connectivity index (χ4n) is 1.54. The molecule has 1 aromatic rings. The van der Waals surface area contributed by atoms with E-state index in [2.05, 4.69) is 21.4 Å². The van der Waals surface area contributed by atoms with Gasteiger partial charge in [-0.3, -0.25) is 4.79 Å². The normalized spacial score (nSPS) is 11.1. The molecule has 0 bridgehead atoms. The molecule has 6 nitrogen and oxygen atoms in total. The Morgan fingerprint density at radius 3 is 2.50 bits per heavy atom. The monoisotopic (exact) mass is 382 g/mol. The van der Waals surface area contributed by atoms with Crippen LogP contribution in [0.4, 0.5) is 18.0 Å². The molecular weight excluding hydrogens is 373 g/mol. The molecule has 0 aliphatic heterocycles. The number of carbonyl (C=O) groups excluding carboxylic acids is 2. The first-order chi connectivity index (χ1) is 10.2. The number of hydrogen-bond acceptors (Lipinski definition) is 4. The highest BCUT2D eigenvalue weighted by Crippen LogP contribution is 2.34. The maximum atomic E-state index is 12.9. The Kier molecular flexibility index (Phi) is 6.06. The van der Waals surface area contributed by atoms with Gasteiger partial charge >= 0.3 is 12.3 Å². The fraction of sp³-hybridized carbons (Fsp3) is 0.250. The molecule has 120 valence electrons. The number of hydrazine groups is 1. The van der Waals surface area contributed by atoms with Gasteiger partial charge in [-0.25, -0.2) is 15.2 Å². The van der Waals surface area contributed by atoms with Crippen molar-refractivity contribution in [3.05, 3.63) is 33.8 Å². The molecule has 10 heteroatoms. The first-order valence-electron chi connectivity index (χ1n) is 5.74. The van der Waals surface area contributed by atoms with Gasteiger partial charge in [-0.15, -0.1) is 0 Å². The van der Waals surface area contributed by atoms with Crippen molar-refractivity contribution in [3.63, 3.8) is 0 Å². The molecule has 0 aliphatic carbocycles. The van der Waals surface area contributed by atoms with Crippen molar-refractivity contribution < 1.29 is 32.7 Å². The number of benzene rings is 1. The van der Waals surface area contributed by atoms with E-state index in [0.717, 1.165) is 12.1 Å². The summed E-state index contributed by atoms with van der Waals surface area (Å²) in [6.07, 6.45) is -6.00. The molecular formula is C12H10BrF3N2O4. The van der Waals surface area contributed by atoms with Crippen molar-refractivity contribution in [2.24, 2.45) is 0 Å². The highest BCUT2D eigenvalue weighted by molar-refractivity contribution is 9.10. The van der Waals surface area contributed by atoms with E-state index < -0.39 is 42.3 Å². The predicted molar refractivity (Wildman–Crippen MR) is 72.3 cm³/mol. The molecule has 22 heavy (non-hydrogen) atoms.